The molecule has 0 unspecified atom stereocenters. The van der Waals surface area contributed by atoms with Crippen LogP contribution in [0.2, 0.25) is 0 Å². The Morgan fingerprint density at radius 2 is 0.851 bits per heavy atom. The number of carbonyl (C=O) groups excluding carboxylic acids is 4. The SMILES string of the molecule is COC(=O)c1cc(C(=O)c2c(C)c(-c3ccccc3)c3ccccn23)ccc1N.COC(=O)c1cc(C(=O)c2c(C)c(-c3ccccc3)c3ccccn23)ccc1N.COCCOCCOC. The number of ether oxygens (including phenoxy) is 5. The summed E-state index contributed by atoms with van der Waals surface area (Å²) >= 11 is 0. The van der Waals surface area contributed by atoms with E-state index in [-0.39, 0.29) is 34.1 Å². The number of benzene rings is 4. The second-order valence-electron chi connectivity index (χ2n) is 15.2. The van der Waals surface area contributed by atoms with Crippen LogP contribution in [0, 0.1) is 13.8 Å². The van der Waals surface area contributed by atoms with E-state index < -0.39 is 11.9 Å². The quantitative estimate of drug-likeness (QED) is 0.0461. The van der Waals surface area contributed by atoms with Gasteiger partial charge in [-0.3, -0.25) is 9.59 Å². The molecule has 0 saturated carbocycles. The predicted molar refractivity (Wildman–Crippen MR) is 261 cm³/mol. The van der Waals surface area contributed by atoms with Gasteiger partial charge in [0, 0.05) is 60.2 Å². The summed E-state index contributed by atoms with van der Waals surface area (Å²) in [6.07, 6.45) is 3.75. The molecule has 4 aromatic carbocycles. The van der Waals surface area contributed by atoms with Crippen LogP contribution in [0.15, 0.2) is 146 Å². The number of nitrogens with two attached hydrogens (primary N) is 2. The number of rotatable bonds is 14. The monoisotopic (exact) mass is 902 g/mol. The number of aromatic nitrogens is 2. The summed E-state index contributed by atoms with van der Waals surface area (Å²) in [5.74, 6) is -1.51. The highest BCUT2D eigenvalue weighted by Gasteiger charge is 2.25. The van der Waals surface area contributed by atoms with Crippen LogP contribution >= 0.6 is 0 Å². The molecule has 0 aliphatic heterocycles. The van der Waals surface area contributed by atoms with E-state index in [0.29, 0.717) is 48.9 Å². The zero-order valence-corrected chi connectivity index (χ0v) is 38.4. The van der Waals surface area contributed by atoms with Gasteiger partial charge in [-0.05, 0) is 96.8 Å². The summed E-state index contributed by atoms with van der Waals surface area (Å²) in [6.45, 7) is 6.51. The van der Waals surface area contributed by atoms with E-state index in [4.69, 9.17) is 35.2 Å². The molecule has 8 rings (SSSR count). The number of anilines is 2. The second-order valence-corrected chi connectivity index (χ2v) is 15.2. The summed E-state index contributed by atoms with van der Waals surface area (Å²) in [7, 11) is 5.87. The molecule has 4 N–H and O–H groups in total. The molecule has 4 aromatic heterocycles. The van der Waals surface area contributed by atoms with Gasteiger partial charge in [0.1, 0.15) is 0 Å². The lowest BCUT2D eigenvalue weighted by Gasteiger charge is -2.08. The molecule has 0 bridgehead atoms. The summed E-state index contributed by atoms with van der Waals surface area (Å²) in [5, 5.41) is 0. The van der Waals surface area contributed by atoms with Crippen molar-refractivity contribution in [2.45, 2.75) is 13.8 Å². The third-order valence-electron chi connectivity index (χ3n) is 11.0. The number of pyridine rings is 2. The topological polar surface area (TPSA) is 175 Å². The minimum Gasteiger partial charge on any atom is -0.465 e. The lowest BCUT2D eigenvalue weighted by atomic mass is 9.98. The van der Waals surface area contributed by atoms with Crippen molar-refractivity contribution in [2.24, 2.45) is 0 Å². The van der Waals surface area contributed by atoms with Gasteiger partial charge in [0.05, 0.1) is 74.2 Å². The van der Waals surface area contributed by atoms with Crippen LogP contribution in [0.3, 0.4) is 0 Å². The first kappa shape index (κ1) is 48.6. The molecule has 344 valence electrons. The normalized spacial score (nSPS) is 10.7. The first-order valence-electron chi connectivity index (χ1n) is 21.4. The van der Waals surface area contributed by atoms with Crippen LogP contribution in [0.5, 0.6) is 0 Å². The molecule has 13 heteroatoms. The highest BCUT2D eigenvalue weighted by Crippen LogP contribution is 2.36. The van der Waals surface area contributed by atoms with Gasteiger partial charge in [0.2, 0.25) is 11.6 Å². The lowest BCUT2D eigenvalue weighted by molar-refractivity contribution is 0.0385. The van der Waals surface area contributed by atoms with E-state index in [2.05, 4.69) is 0 Å². The molecule has 0 fully saturated rings. The van der Waals surface area contributed by atoms with E-state index in [1.807, 2.05) is 132 Å². The smallest absolute Gasteiger partial charge is 0.339 e. The number of carbonyl (C=O) groups is 4. The van der Waals surface area contributed by atoms with Gasteiger partial charge in [-0.1, -0.05) is 72.8 Å². The van der Waals surface area contributed by atoms with Crippen LogP contribution in [-0.2, 0) is 23.7 Å². The van der Waals surface area contributed by atoms with Crippen LogP contribution < -0.4 is 11.5 Å². The molecule has 0 saturated heterocycles. The van der Waals surface area contributed by atoms with E-state index in [1.165, 1.54) is 26.4 Å². The van der Waals surface area contributed by atoms with Crippen LogP contribution in [-0.4, -0.2) is 87.2 Å². The zero-order chi connectivity index (χ0) is 48.0. The summed E-state index contributed by atoms with van der Waals surface area (Å²) < 4.78 is 27.9. The Kier molecular flexibility index (Phi) is 16.6. The maximum atomic E-state index is 13.5. The zero-order valence-electron chi connectivity index (χ0n) is 38.4. The average molecular weight is 903 g/mol. The van der Waals surface area contributed by atoms with E-state index in [1.54, 1.807) is 38.5 Å². The number of nitrogens with zero attached hydrogens (tertiary/aromatic N) is 2. The predicted octanol–water partition coefficient (Wildman–Crippen LogP) is 9.32. The van der Waals surface area contributed by atoms with Crippen molar-refractivity contribution in [3.8, 4) is 22.3 Å². The van der Waals surface area contributed by atoms with Crippen LogP contribution in [0.25, 0.3) is 33.3 Å². The fraction of sp³-hybridized carbons (Fsp3) is 0.185. The first-order valence-corrected chi connectivity index (χ1v) is 21.4. The minimum atomic E-state index is -0.570. The largest absolute Gasteiger partial charge is 0.465 e. The number of nitrogen functional groups attached to an aromatic ring is 2. The molecule has 0 spiro atoms. The maximum absolute atomic E-state index is 13.5. The van der Waals surface area contributed by atoms with E-state index in [9.17, 15) is 19.2 Å². The van der Waals surface area contributed by atoms with Gasteiger partial charge < -0.3 is 44.0 Å². The molecule has 13 nitrogen and oxygen atoms in total. The summed E-state index contributed by atoms with van der Waals surface area (Å²) in [4.78, 5) is 51.0. The Balaban J connectivity index is 0.000000187. The number of methoxy groups -OCH3 is 4. The van der Waals surface area contributed by atoms with Gasteiger partial charge in [-0.25, -0.2) is 9.59 Å². The lowest BCUT2D eigenvalue weighted by Crippen LogP contribution is -2.11. The van der Waals surface area contributed by atoms with Crippen molar-refractivity contribution in [1.29, 1.82) is 0 Å². The Hall–Kier alpha value is -7.84. The van der Waals surface area contributed by atoms with Gasteiger partial charge in [0.25, 0.3) is 0 Å². The molecule has 0 atom stereocenters. The number of ketones is 2. The maximum Gasteiger partial charge on any atom is 0.339 e. The molecule has 0 amide bonds. The highest BCUT2D eigenvalue weighted by molar-refractivity contribution is 6.14. The number of hydrogen-bond donors (Lipinski definition) is 2. The minimum absolute atomic E-state index is 0.181. The second kappa shape index (κ2) is 22.9. The molecule has 67 heavy (non-hydrogen) atoms. The third kappa shape index (κ3) is 10.8. The van der Waals surface area contributed by atoms with E-state index >= 15 is 0 Å². The molecular formula is C54H54N4O9. The summed E-state index contributed by atoms with van der Waals surface area (Å²) in [6, 6.07) is 41.0. The van der Waals surface area contributed by atoms with Crippen molar-refractivity contribution in [2.75, 3.05) is 66.3 Å². The highest BCUT2D eigenvalue weighted by atomic mass is 16.5. The van der Waals surface area contributed by atoms with Gasteiger partial charge >= 0.3 is 11.9 Å². The Morgan fingerprint density at radius 1 is 0.478 bits per heavy atom. The van der Waals surface area contributed by atoms with Crippen molar-refractivity contribution in [1.82, 2.24) is 8.80 Å². The Bertz CT molecular complexity index is 2810. The van der Waals surface area contributed by atoms with Gasteiger partial charge in [-0.2, -0.15) is 0 Å². The van der Waals surface area contributed by atoms with Crippen molar-refractivity contribution in [3.63, 3.8) is 0 Å². The summed E-state index contributed by atoms with van der Waals surface area (Å²) in [5.41, 5.74) is 22.3. The fourth-order valence-corrected chi connectivity index (χ4v) is 7.79. The molecular weight excluding hydrogens is 849 g/mol. The fourth-order valence-electron chi connectivity index (χ4n) is 7.79. The Labute approximate surface area is 389 Å². The van der Waals surface area contributed by atoms with Crippen LogP contribution in [0.4, 0.5) is 11.4 Å². The van der Waals surface area contributed by atoms with E-state index in [0.717, 1.165) is 44.4 Å². The molecule has 8 aromatic rings. The van der Waals surface area contributed by atoms with Crippen molar-refractivity contribution < 1.29 is 42.9 Å². The number of hydrogen-bond acceptors (Lipinski definition) is 11. The standard InChI is InChI=1S/2C24H20N2O3.C6H14O3/c2*1-15-21(16-8-4-3-5-9-16)20-10-6-7-13-26(20)22(15)23(27)17-11-12-19(25)18(14-17)24(28)29-2;1-7-3-5-9-6-4-8-2/h2*3-14H,25H2,1-2H3;3-6H2,1-2H3. The van der Waals surface area contributed by atoms with Gasteiger partial charge in [0.15, 0.2) is 0 Å². The van der Waals surface area contributed by atoms with Gasteiger partial charge in [-0.15, -0.1) is 0 Å². The number of fused-ring (bicyclic) bond motifs is 2. The Morgan fingerprint density at radius 3 is 1.21 bits per heavy atom. The average Bonchev–Trinajstić information content (AvgIpc) is 3.83. The molecule has 0 radical (unpaired) electrons. The molecule has 0 aliphatic carbocycles. The third-order valence-corrected chi connectivity index (χ3v) is 11.0. The van der Waals surface area contributed by atoms with Crippen molar-refractivity contribution in [3.05, 3.63) is 191 Å². The number of esters is 2. The van der Waals surface area contributed by atoms with Crippen LogP contribution in [0.1, 0.15) is 63.9 Å². The molecule has 4 heterocycles. The molecule has 0 aliphatic rings. The van der Waals surface area contributed by atoms with Crippen molar-refractivity contribution >= 4 is 45.9 Å². The first-order chi connectivity index (χ1) is 32.5.